The molecule has 1 aliphatic rings. The highest BCUT2D eigenvalue weighted by atomic mass is 32.2. The Morgan fingerprint density at radius 3 is 2.58 bits per heavy atom. The van der Waals surface area contributed by atoms with Crippen LogP contribution in [-0.4, -0.2) is 28.6 Å². The summed E-state index contributed by atoms with van der Waals surface area (Å²) < 4.78 is 59.7. The van der Waals surface area contributed by atoms with Crippen LogP contribution >= 0.6 is 0 Å². The number of nitriles is 1. The molecular formula is C22H19F2N5O3S. The molecule has 1 aliphatic carbocycles. The highest BCUT2D eigenvalue weighted by molar-refractivity contribution is 7.93. The molecule has 4 rings (SSSR count). The molecule has 0 unspecified atom stereocenters. The molecule has 0 atom stereocenters. The zero-order chi connectivity index (χ0) is 23.8. The number of hydrogen-bond donors (Lipinski definition) is 1. The lowest BCUT2D eigenvalue weighted by atomic mass is 10.1. The van der Waals surface area contributed by atoms with Crippen LogP contribution < -0.4 is 9.46 Å². The smallest absolute Gasteiger partial charge is 0.280 e. The van der Waals surface area contributed by atoms with Crippen LogP contribution in [0.4, 0.5) is 14.5 Å². The lowest BCUT2D eigenvalue weighted by molar-refractivity contribution is 0.145. The fourth-order valence-corrected chi connectivity index (χ4v) is 4.62. The first kappa shape index (κ1) is 22.5. The van der Waals surface area contributed by atoms with Crippen LogP contribution in [0.25, 0.3) is 11.3 Å². The third kappa shape index (κ3) is 4.90. The van der Waals surface area contributed by atoms with Crippen molar-refractivity contribution in [2.45, 2.75) is 38.4 Å². The van der Waals surface area contributed by atoms with Gasteiger partial charge < -0.3 is 4.74 Å². The molecule has 3 aromatic rings. The number of aromatic nitrogens is 3. The Labute approximate surface area is 189 Å². The lowest BCUT2D eigenvalue weighted by Gasteiger charge is -2.16. The quantitative estimate of drug-likeness (QED) is 0.532. The topological polar surface area (TPSA) is 118 Å². The van der Waals surface area contributed by atoms with E-state index in [1.165, 1.54) is 31.3 Å². The molecule has 33 heavy (non-hydrogen) atoms. The van der Waals surface area contributed by atoms with Crippen molar-refractivity contribution < 1.29 is 21.9 Å². The van der Waals surface area contributed by atoms with Crippen molar-refractivity contribution in [3.05, 3.63) is 59.2 Å². The highest BCUT2D eigenvalue weighted by Crippen LogP contribution is 2.37. The van der Waals surface area contributed by atoms with E-state index < -0.39 is 21.7 Å². The summed E-state index contributed by atoms with van der Waals surface area (Å²) in [6.45, 7) is 3.12. The molecule has 1 saturated carbocycles. The van der Waals surface area contributed by atoms with Crippen LogP contribution in [0.2, 0.25) is 0 Å². The number of rotatable bonds is 7. The van der Waals surface area contributed by atoms with Gasteiger partial charge in [0.2, 0.25) is 15.9 Å². The average molecular weight is 471 g/mol. The van der Waals surface area contributed by atoms with E-state index in [0.29, 0.717) is 29.7 Å². The van der Waals surface area contributed by atoms with Crippen molar-refractivity contribution in [3.63, 3.8) is 0 Å². The molecule has 0 bridgehead atoms. The summed E-state index contributed by atoms with van der Waals surface area (Å²) in [5.41, 5.74) is 1.51. The van der Waals surface area contributed by atoms with Crippen molar-refractivity contribution in [2.24, 2.45) is 0 Å². The number of nitrogens with zero attached hydrogens (tertiary/aromatic N) is 4. The Bertz CT molecular complexity index is 1350. The van der Waals surface area contributed by atoms with Crippen molar-refractivity contribution in [3.8, 4) is 29.0 Å². The van der Waals surface area contributed by atoms with E-state index in [9.17, 15) is 17.2 Å². The van der Waals surface area contributed by atoms with Crippen molar-refractivity contribution in [1.82, 2.24) is 15.0 Å². The Morgan fingerprint density at radius 2 is 1.94 bits per heavy atom. The Morgan fingerprint density at radius 1 is 1.18 bits per heavy atom. The lowest BCUT2D eigenvalue weighted by Crippen LogP contribution is -2.18. The number of nitrogens with one attached hydrogen (secondary N) is 1. The normalized spacial score (nSPS) is 13.6. The standard InChI is InChI=1S/C22H19F2N5O3S/c1-12-9-19(21(23)24)27-13(2)20(12)32-22-18(29-33(30,31)16-3-4-16)6-5-17(28-22)14-7-8-26-15(10-14)11-25/h5-10,16,21,29H,3-4H2,1-2H3. The van der Waals surface area contributed by atoms with Crippen LogP contribution in [0.5, 0.6) is 11.6 Å². The van der Waals surface area contributed by atoms with Gasteiger partial charge >= 0.3 is 0 Å². The average Bonchev–Trinajstić information content (AvgIpc) is 3.63. The largest absolute Gasteiger partial charge is 0.435 e. The van der Waals surface area contributed by atoms with E-state index in [4.69, 9.17) is 10.00 Å². The Hall–Kier alpha value is -3.65. The summed E-state index contributed by atoms with van der Waals surface area (Å²) in [6.07, 6.45) is -0.134. The number of anilines is 1. The van der Waals surface area contributed by atoms with Gasteiger partial charge in [0.05, 0.1) is 16.6 Å². The monoisotopic (exact) mass is 471 g/mol. The molecule has 3 heterocycles. The van der Waals surface area contributed by atoms with E-state index in [2.05, 4.69) is 19.7 Å². The minimum atomic E-state index is -3.62. The first-order chi connectivity index (χ1) is 15.7. The van der Waals surface area contributed by atoms with Gasteiger partial charge in [0.15, 0.2) is 5.75 Å². The molecule has 1 N–H and O–H groups in total. The van der Waals surface area contributed by atoms with Crippen LogP contribution in [0.15, 0.2) is 36.5 Å². The van der Waals surface area contributed by atoms with Gasteiger partial charge in [-0.15, -0.1) is 0 Å². The number of hydrogen-bond acceptors (Lipinski definition) is 7. The fourth-order valence-electron chi connectivity index (χ4n) is 3.23. The first-order valence-corrected chi connectivity index (χ1v) is 11.6. The van der Waals surface area contributed by atoms with Crippen LogP contribution in [0, 0.1) is 25.2 Å². The summed E-state index contributed by atoms with van der Waals surface area (Å²) in [4.78, 5) is 12.3. The number of aryl methyl sites for hydroxylation is 2. The second kappa shape index (κ2) is 8.71. The Balaban J connectivity index is 1.78. The van der Waals surface area contributed by atoms with Crippen molar-refractivity contribution in [1.29, 1.82) is 5.26 Å². The summed E-state index contributed by atoms with van der Waals surface area (Å²) >= 11 is 0. The predicted octanol–water partition coefficient (Wildman–Crippen LogP) is 4.66. The van der Waals surface area contributed by atoms with E-state index in [0.717, 1.165) is 0 Å². The molecule has 8 nitrogen and oxygen atoms in total. The van der Waals surface area contributed by atoms with Gasteiger partial charge in [0.25, 0.3) is 6.43 Å². The van der Waals surface area contributed by atoms with Gasteiger partial charge in [-0.1, -0.05) is 0 Å². The molecule has 0 saturated heterocycles. The molecular weight excluding hydrogens is 452 g/mol. The summed E-state index contributed by atoms with van der Waals surface area (Å²) in [5, 5.41) is 8.64. The summed E-state index contributed by atoms with van der Waals surface area (Å²) in [6, 6.07) is 9.45. The van der Waals surface area contributed by atoms with Crippen LogP contribution in [-0.2, 0) is 10.0 Å². The second-order valence-electron chi connectivity index (χ2n) is 7.62. The molecule has 0 amide bonds. The Kier molecular flexibility index (Phi) is 5.95. The maximum Gasteiger partial charge on any atom is 0.280 e. The van der Waals surface area contributed by atoms with Crippen LogP contribution in [0.1, 0.15) is 41.9 Å². The molecule has 11 heteroatoms. The molecule has 0 radical (unpaired) electrons. The minimum absolute atomic E-state index is 0.0650. The van der Waals surface area contributed by atoms with E-state index in [1.807, 2.05) is 6.07 Å². The highest BCUT2D eigenvalue weighted by Gasteiger charge is 2.36. The number of sulfonamides is 1. The van der Waals surface area contributed by atoms with Crippen molar-refractivity contribution >= 4 is 15.7 Å². The van der Waals surface area contributed by atoms with E-state index >= 15 is 0 Å². The zero-order valence-electron chi connectivity index (χ0n) is 17.7. The minimum Gasteiger partial charge on any atom is -0.435 e. The van der Waals surface area contributed by atoms with Gasteiger partial charge in [0, 0.05) is 11.8 Å². The summed E-state index contributed by atoms with van der Waals surface area (Å²) in [5.74, 6) is 0.133. The number of ether oxygens (including phenoxy) is 1. The van der Waals surface area contributed by atoms with Gasteiger partial charge in [0.1, 0.15) is 23.1 Å². The molecule has 170 valence electrons. The molecule has 0 aliphatic heterocycles. The SMILES string of the molecule is Cc1cc(C(F)F)nc(C)c1Oc1nc(-c2ccnc(C#N)c2)ccc1NS(=O)(=O)C1CC1. The number of alkyl halides is 2. The molecule has 3 aromatic heterocycles. The second-order valence-corrected chi connectivity index (χ2v) is 9.58. The van der Waals surface area contributed by atoms with Crippen LogP contribution in [0.3, 0.4) is 0 Å². The zero-order valence-corrected chi connectivity index (χ0v) is 18.5. The van der Waals surface area contributed by atoms with Gasteiger partial charge in [-0.25, -0.2) is 32.2 Å². The first-order valence-electron chi connectivity index (χ1n) is 10.0. The predicted molar refractivity (Wildman–Crippen MR) is 116 cm³/mol. The van der Waals surface area contributed by atoms with Crippen molar-refractivity contribution in [2.75, 3.05) is 4.72 Å². The number of pyridine rings is 3. The fraction of sp³-hybridized carbons (Fsp3) is 0.273. The maximum atomic E-state index is 13.1. The molecule has 1 fully saturated rings. The van der Waals surface area contributed by atoms with Gasteiger partial charge in [-0.05, 0) is 62.6 Å². The third-order valence-corrected chi connectivity index (χ3v) is 6.87. The molecule has 0 aromatic carbocycles. The van der Waals surface area contributed by atoms with E-state index in [1.54, 1.807) is 19.1 Å². The van der Waals surface area contributed by atoms with Gasteiger partial charge in [-0.3, -0.25) is 4.72 Å². The summed E-state index contributed by atoms with van der Waals surface area (Å²) in [7, 11) is -3.62. The molecule has 0 spiro atoms. The number of halogens is 2. The maximum absolute atomic E-state index is 13.1. The van der Waals surface area contributed by atoms with E-state index in [-0.39, 0.29) is 34.4 Å². The van der Waals surface area contributed by atoms with Gasteiger partial charge in [-0.2, -0.15) is 5.26 Å². The third-order valence-electron chi connectivity index (χ3n) is 5.02.